The predicted octanol–water partition coefficient (Wildman–Crippen LogP) is 0.210. The third kappa shape index (κ3) is 8.90. The number of unbranched alkanes of at least 4 members (excludes halogenated alkanes) is 3. The molecule has 1 aromatic rings. The van der Waals surface area contributed by atoms with E-state index < -0.39 is 48.2 Å². The van der Waals surface area contributed by atoms with Gasteiger partial charge < -0.3 is 24.4 Å². The minimum Gasteiger partial charge on any atom is -0.463 e. The summed E-state index contributed by atoms with van der Waals surface area (Å²) < 4.78 is 16.5. The molecule has 4 atom stereocenters. The molecule has 1 fully saturated rings. The van der Waals surface area contributed by atoms with Crippen molar-refractivity contribution >= 4 is 23.8 Å². The lowest BCUT2D eigenvalue weighted by Crippen LogP contribution is -2.36. The molecule has 1 aromatic heterocycles. The van der Waals surface area contributed by atoms with Gasteiger partial charge in [0.25, 0.3) is 0 Å². The van der Waals surface area contributed by atoms with Crippen molar-refractivity contribution in [1.82, 2.24) is 15.0 Å². The molecule has 5 N–H and O–H groups in total. The summed E-state index contributed by atoms with van der Waals surface area (Å²) in [4.78, 5) is 50.5. The molecule has 2 heterocycles. The number of nitrogens with zero attached hydrogens (tertiary/aromatic N) is 2. The Balaban J connectivity index is 1.80. The molecule has 1 aliphatic rings. The number of rotatable bonds is 13. The quantitative estimate of drug-likeness (QED) is 0.107. The van der Waals surface area contributed by atoms with E-state index in [1.807, 2.05) is 6.92 Å². The lowest BCUT2D eigenvalue weighted by Gasteiger charge is -2.17. The van der Waals surface area contributed by atoms with E-state index in [1.165, 1.54) is 12.3 Å². The third-order valence-electron chi connectivity index (χ3n) is 5.18. The van der Waals surface area contributed by atoms with Crippen LogP contribution >= 0.6 is 0 Å². The van der Waals surface area contributed by atoms with Gasteiger partial charge in [0.2, 0.25) is 5.91 Å². The minimum absolute atomic E-state index is 0.0532. The predicted molar refractivity (Wildman–Crippen MR) is 118 cm³/mol. The molecule has 0 bridgehead atoms. The van der Waals surface area contributed by atoms with E-state index in [4.69, 9.17) is 19.4 Å². The molecule has 196 valence electrons. The summed E-state index contributed by atoms with van der Waals surface area (Å²) >= 11 is 0. The van der Waals surface area contributed by atoms with E-state index in [9.17, 15) is 29.4 Å². The van der Waals surface area contributed by atoms with Crippen LogP contribution in [0.2, 0.25) is 0 Å². The van der Waals surface area contributed by atoms with E-state index in [-0.39, 0.29) is 31.9 Å². The number of anilines is 1. The molecule has 0 radical (unpaired) electrons. The van der Waals surface area contributed by atoms with Crippen LogP contribution in [0.25, 0.3) is 0 Å². The van der Waals surface area contributed by atoms with Crippen LogP contribution in [0, 0.1) is 0 Å². The summed E-state index contributed by atoms with van der Waals surface area (Å²) in [5.74, 6) is -1.03. The van der Waals surface area contributed by atoms with Crippen LogP contribution in [0.15, 0.2) is 17.1 Å². The van der Waals surface area contributed by atoms with Crippen molar-refractivity contribution in [1.29, 1.82) is 0 Å². The molecule has 4 unspecified atom stereocenters. The second kappa shape index (κ2) is 14.4. The molecule has 0 saturated carbocycles. The fourth-order valence-electron chi connectivity index (χ4n) is 3.32. The largest absolute Gasteiger partial charge is 0.463 e. The van der Waals surface area contributed by atoms with Gasteiger partial charge in [0.15, 0.2) is 6.23 Å². The van der Waals surface area contributed by atoms with Crippen LogP contribution in [0.5, 0.6) is 0 Å². The topological polar surface area (TPSA) is 199 Å². The number of carbonyl (C=O) groups is 3. The lowest BCUT2D eigenvalue weighted by atomic mass is 10.1. The van der Waals surface area contributed by atoms with E-state index >= 15 is 0 Å². The van der Waals surface area contributed by atoms with Gasteiger partial charge in [-0.05, 0) is 25.3 Å². The molecule has 14 nitrogen and oxygen atoms in total. The van der Waals surface area contributed by atoms with Gasteiger partial charge >= 0.3 is 17.8 Å². The Hall–Kier alpha value is -3.07. The number of aliphatic hydroxyl groups excluding tert-OH is 2. The SMILES string of the molecule is CCCOC(=O)Nc1ccn(C2OC(COC(=O)CCCCCCC(=O)NO)C(O)C2O)c(=O)n1. The fraction of sp³-hybridized carbons (Fsp3) is 0.667. The average molecular weight is 501 g/mol. The second-order valence-electron chi connectivity index (χ2n) is 7.94. The van der Waals surface area contributed by atoms with Crippen molar-refractivity contribution in [2.24, 2.45) is 0 Å². The summed E-state index contributed by atoms with van der Waals surface area (Å²) in [5, 5.41) is 31.3. The number of hydrogen-bond acceptors (Lipinski definition) is 11. The Bertz CT molecular complexity index is 908. The van der Waals surface area contributed by atoms with E-state index in [0.29, 0.717) is 32.1 Å². The number of hydroxylamine groups is 1. The zero-order valence-corrected chi connectivity index (χ0v) is 19.4. The van der Waals surface area contributed by atoms with E-state index in [1.54, 1.807) is 5.48 Å². The van der Waals surface area contributed by atoms with Gasteiger partial charge in [-0.3, -0.25) is 24.7 Å². The summed E-state index contributed by atoms with van der Waals surface area (Å²) in [5.41, 5.74) is 0.707. The van der Waals surface area contributed by atoms with E-state index in [0.717, 1.165) is 4.57 Å². The van der Waals surface area contributed by atoms with Crippen molar-refractivity contribution in [2.75, 3.05) is 18.5 Å². The number of nitrogens with one attached hydrogen (secondary N) is 2. The molecular formula is C21H32N4O10. The van der Waals surface area contributed by atoms with Gasteiger partial charge in [0.1, 0.15) is 30.7 Å². The number of hydrogen-bond donors (Lipinski definition) is 5. The van der Waals surface area contributed by atoms with Crippen LogP contribution in [0.1, 0.15) is 58.1 Å². The summed E-state index contributed by atoms with van der Waals surface area (Å²) in [6.45, 7) is 1.71. The lowest BCUT2D eigenvalue weighted by molar-refractivity contribution is -0.150. The average Bonchev–Trinajstić information content (AvgIpc) is 3.11. The van der Waals surface area contributed by atoms with Crippen LogP contribution in [0.4, 0.5) is 10.6 Å². The number of carbonyl (C=O) groups excluding carboxylic acids is 3. The highest BCUT2D eigenvalue weighted by Gasteiger charge is 2.44. The number of ether oxygens (including phenoxy) is 3. The van der Waals surface area contributed by atoms with Gasteiger partial charge in [-0.1, -0.05) is 19.8 Å². The Labute approximate surface area is 201 Å². The standard InChI is InChI=1S/C21H32N4O10/c1-2-11-33-21(31)23-14-9-10-25(20(30)22-14)19-18(29)17(28)13(35-19)12-34-16(27)8-6-4-3-5-7-15(26)24-32/h9-10,13,17-19,28-29,32H,2-8,11-12H2,1H3,(H,24,26)(H,22,23,30,31). The summed E-state index contributed by atoms with van der Waals surface area (Å²) in [6.07, 6.45) is -1.30. The first-order chi connectivity index (χ1) is 16.8. The van der Waals surface area contributed by atoms with E-state index in [2.05, 4.69) is 10.3 Å². The van der Waals surface area contributed by atoms with Gasteiger partial charge in [0.05, 0.1) is 6.61 Å². The molecule has 1 aliphatic heterocycles. The monoisotopic (exact) mass is 500 g/mol. The number of aromatic nitrogens is 2. The van der Waals surface area contributed by atoms with Gasteiger partial charge in [-0.25, -0.2) is 15.1 Å². The van der Waals surface area contributed by atoms with Crippen molar-refractivity contribution in [2.45, 2.75) is 76.4 Å². The van der Waals surface area contributed by atoms with Gasteiger partial charge in [-0.15, -0.1) is 0 Å². The molecule has 0 spiro atoms. The Morgan fingerprint density at radius 3 is 2.49 bits per heavy atom. The molecule has 14 heteroatoms. The summed E-state index contributed by atoms with van der Waals surface area (Å²) in [7, 11) is 0. The molecule has 1 saturated heterocycles. The normalized spacial score (nSPS) is 21.4. The Morgan fingerprint density at radius 2 is 1.83 bits per heavy atom. The van der Waals surface area contributed by atoms with Crippen molar-refractivity contribution < 1.29 is 44.0 Å². The maximum absolute atomic E-state index is 12.4. The highest BCUT2D eigenvalue weighted by atomic mass is 16.6. The molecular weight excluding hydrogens is 468 g/mol. The number of esters is 1. The van der Waals surface area contributed by atoms with Crippen LogP contribution < -0.4 is 16.5 Å². The van der Waals surface area contributed by atoms with Crippen LogP contribution in [-0.4, -0.2) is 74.5 Å². The number of amides is 2. The van der Waals surface area contributed by atoms with Crippen molar-refractivity contribution in [3.8, 4) is 0 Å². The van der Waals surface area contributed by atoms with Crippen LogP contribution in [0.3, 0.4) is 0 Å². The minimum atomic E-state index is -1.48. The molecule has 2 rings (SSSR count). The van der Waals surface area contributed by atoms with Crippen molar-refractivity contribution in [3.63, 3.8) is 0 Å². The maximum Gasteiger partial charge on any atom is 0.412 e. The fourth-order valence-corrected chi connectivity index (χ4v) is 3.32. The highest BCUT2D eigenvalue weighted by Crippen LogP contribution is 2.28. The Morgan fingerprint density at radius 1 is 1.11 bits per heavy atom. The zero-order valence-electron chi connectivity index (χ0n) is 19.4. The smallest absolute Gasteiger partial charge is 0.412 e. The molecule has 35 heavy (non-hydrogen) atoms. The summed E-state index contributed by atoms with van der Waals surface area (Å²) in [6, 6.07) is 1.31. The Kier molecular flexibility index (Phi) is 11.6. The highest BCUT2D eigenvalue weighted by molar-refractivity contribution is 5.83. The first kappa shape index (κ1) is 28.2. The maximum atomic E-state index is 12.4. The van der Waals surface area contributed by atoms with Crippen LogP contribution in [-0.2, 0) is 23.8 Å². The molecule has 2 amide bonds. The van der Waals surface area contributed by atoms with Gasteiger partial charge in [0, 0.05) is 19.0 Å². The first-order valence-electron chi connectivity index (χ1n) is 11.4. The third-order valence-corrected chi connectivity index (χ3v) is 5.18. The second-order valence-corrected chi connectivity index (χ2v) is 7.94. The zero-order chi connectivity index (χ0) is 25.8. The molecule has 0 aromatic carbocycles. The molecule has 0 aliphatic carbocycles. The van der Waals surface area contributed by atoms with Gasteiger partial charge in [-0.2, -0.15) is 4.98 Å². The number of aliphatic hydroxyl groups is 2. The van der Waals surface area contributed by atoms with Crippen molar-refractivity contribution in [3.05, 3.63) is 22.7 Å². The first-order valence-corrected chi connectivity index (χ1v) is 11.4.